The van der Waals surface area contributed by atoms with Gasteiger partial charge in [-0.05, 0) is 61.7 Å². The van der Waals surface area contributed by atoms with Gasteiger partial charge >= 0.3 is 5.97 Å². The van der Waals surface area contributed by atoms with E-state index in [9.17, 15) is 9.59 Å². The summed E-state index contributed by atoms with van der Waals surface area (Å²) in [6.07, 6.45) is -0.0809. The Labute approximate surface area is 182 Å². The van der Waals surface area contributed by atoms with Crippen LogP contribution in [-0.2, 0) is 22.6 Å². The summed E-state index contributed by atoms with van der Waals surface area (Å²) in [5, 5.41) is 0. The maximum absolute atomic E-state index is 13.0. The normalized spacial score (nSPS) is 15.8. The number of fused-ring (bicyclic) bond motifs is 1. The summed E-state index contributed by atoms with van der Waals surface area (Å²) in [6.45, 7) is 4.07. The van der Waals surface area contributed by atoms with Crippen molar-refractivity contribution in [2.75, 3.05) is 4.90 Å². The van der Waals surface area contributed by atoms with Crippen molar-refractivity contribution >= 4 is 17.6 Å². The molecule has 2 atom stereocenters. The Kier molecular flexibility index (Phi) is 6.03. The van der Waals surface area contributed by atoms with Gasteiger partial charge in [-0.1, -0.05) is 48.5 Å². The van der Waals surface area contributed by atoms with E-state index in [1.54, 1.807) is 36.1 Å². The molecule has 0 radical (unpaired) electrons. The van der Waals surface area contributed by atoms with Crippen LogP contribution in [0.3, 0.4) is 0 Å². The number of carbonyl (C=O) groups excluding carboxylic acids is 2. The molecule has 5 nitrogen and oxygen atoms in total. The summed E-state index contributed by atoms with van der Waals surface area (Å²) in [5.74, 6) is -0.0868. The highest BCUT2D eigenvalue weighted by molar-refractivity contribution is 6.00. The number of para-hydroxylation sites is 1. The minimum absolute atomic E-state index is 0.0344. The van der Waals surface area contributed by atoms with Gasteiger partial charge in [0.1, 0.15) is 12.4 Å². The number of nitrogens with zero attached hydrogens (tertiary/aromatic N) is 1. The minimum Gasteiger partial charge on any atom is -0.489 e. The van der Waals surface area contributed by atoms with Gasteiger partial charge in [0.05, 0.1) is 5.56 Å². The highest BCUT2D eigenvalue weighted by atomic mass is 16.5. The van der Waals surface area contributed by atoms with Crippen molar-refractivity contribution in [2.45, 2.75) is 39.0 Å². The first kappa shape index (κ1) is 20.7. The smallest absolute Gasteiger partial charge is 0.338 e. The van der Waals surface area contributed by atoms with E-state index in [2.05, 4.69) is 0 Å². The highest BCUT2D eigenvalue weighted by Gasteiger charge is 2.34. The third-order valence-electron chi connectivity index (χ3n) is 5.41. The van der Waals surface area contributed by atoms with Gasteiger partial charge in [0, 0.05) is 11.7 Å². The van der Waals surface area contributed by atoms with Gasteiger partial charge in [-0.25, -0.2) is 4.79 Å². The summed E-state index contributed by atoms with van der Waals surface area (Å²) in [6, 6.07) is 24.5. The Hall–Kier alpha value is -3.60. The van der Waals surface area contributed by atoms with Gasteiger partial charge in [-0.15, -0.1) is 0 Å². The number of anilines is 1. The van der Waals surface area contributed by atoms with E-state index in [4.69, 9.17) is 9.47 Å². The summed E-state index contributed by atoms with van der Waals surface area (Å²) >= 11 is 0. The molecule has 1 amide bonds. The quantitative estimate of drug-likeness (QED) is 0.543. The molecule has 31 heavy (non-hydrogen) atoms. The van der Waals surface area contributed by atoms with Crippen LogP contribution in [0.25, 0.3) is 0 Å². The van der Waals surface area contributed by atoms with Gasteiger partial charge < -0.3 is 14.4 Å². The molecular formula is C26H25NO4. The van der Waals surface area contributed by atoms with Crippen molar-refractivity contribution in [3.05, 3.63) is 95.6 Å². The lowest BCUT2D eigenvalue weighted by atomic mass is 10.1. The molecule has 1 aliphatic heterocycles. The number of amides is 1. The first-order chi connectivity index (χ1) is 15.0. The lowest BCUT2D eigenvalue weighted by Crippen LogP contribution is -2.43. The fourth-order valence-electron chi connectivity index (χ4n) is 3.80. The summed E-state index contributed by atoms with van der Waals surface area (Å²) in [5.41, 5.74) is 3.47. The van der Waals surface area contributed by atoms with Crippen molar-refractivity contribution in [3.8, 4) is 5.75 Å². The molecule has 0 unspecified atom stereocenters. The van der Waals surface area contributed by atoms with Crippen LogP contribution < -0.4 is 9.64 Å². The zero-order valence-electron chi connectivity index (χ0n) is 17.7. The minimum atomic E-state index is -0.880. The molecule has 0 saturated carbocycles. The third kappa shape index (κ3) is 4.61. The van der Waals surface area contributed by atoms with Gasteiger partial charge in [-0.2, -0.15) is 0 Å². The Balaban J connectivity index is 1.36. The van der Waals surface area contributed by atoms with Gasteiger partial charge in [0.2, 0.25) is 0 Å². The topological polar surface area (TPSA) is 55.8 Å². The number of rotatable bonds is 6. The van der Waals surface area contributed by atoms with Gasteiger partial charge in [0.25, 0.3) is 5.91 Å². The largest absolute Gasteiger partial charge is 0.489 e. The van der Waals surface area contributed by atoms with Crippen molar-refractivity contribution in [2.24, 2.45) is 0 Å². The average Bonchev–Trinajstić information content (AvgIpc) is 3.13. The van der Waals surface area contributed by atoms with Crippen LogP contribution in [0.5, 0.6) is 5.75 Å². The van der Waals surface area contributed by atoms with Crippen LogP contribution in [0.2, 0.25) is 0 Å². The SMILES string of the molecule is C[C@@H](OC(=O)c1ccc(OCc2ccccc2)cc1)C(=O)N1c2ccccc2C[C@@H]1C. The van der Waals surface area contributed by atoms with E-state index in [0.717, 1.165) is 23.2 Å². The number of hydrogen-bond acceptors (Lipinski definition) is 4. The monoisotopic (exact) mass is 415 g/mol. The number of carbonyl (C=O) groups is 2. The first-order valence-electron chi connectivity index (χ1n) is 10.4. The average molecular weight is 415 g/mol. The van der Waals surface area contributed by atoms with E-state index < -0.39 is 12.1 Å². The molecule has 0 aliphatic carbocycles. The molecule has 4 rings (SSSR count). The fraction of sp³-hybridized carbons (Fsp3) is 0.231. The van der Waals surface area contributed by atoms with Gasteiger partial charge in [-0.3, -0.25) is 4.79 Å². The molecule has 158 valence electrons. The Morgan fingerprint density at radius 3 is 2.39 bits per heavy atom. The molecular weight excluding hydrogens is 390 g/mol. The maximum atomic E-state index is 13.0. The molecule has 0 aromatic heterocycles. The Morgan fingerprint density at radius 1 is 0.968 bits per heavy atom. The van der Waals surface area contributed by atoms with Crippen molar-refractivity contribution in [1.82, 2.24) is 0 Å². The molecule has 5 heteroatoms. The standard InChI is InChI=1S/C26H25NO4/c1-18-16-22-10-6-7-11-24(22)27(18)25(28)19(2)31-26(29)21-12-14-23(15-13-21)30-17-20-8-4-3-5-9-20/h3-15,18-19H,16-17H2,1-2H3/t18-,19+/m0/s1. The highest BCUT2D eigenvalue weighted by Crippen LogP contribution is 2.32. The van der Waals surface area contributed by atoms with E-state index in [-0.39, 0.29) is 11.9 Å². The second kappa shape index (κ2) is 9.04. The lowest BCUT2D eigenvalue weighted by molar-refractivity contribution is -0.126. The molecule has 3 aromatic rings. The summed E-state index contributed by atoms with van der Waals surface area (Å²) in [7, 11) is 0. The number of ether oxygens (including phenoxy) is 2. The second-order valence-corrected chi connectivity index (χ2v) is 7.74. The molecule has 3 aromatic carbocycles. The van der Waals surface area contributed by atoms with Crippen LogP contribution in [0.15, 0.2) is 78.9 Å². The summed E-state index contributed by atoms with van der Waals surface area (Å²) in [4.78, 5) is 27.3. The van der Waals surface area contributed by atoms with Crippen LogP contribution in [0.4, 0.5) is 5.69 Å². The van der Waals surface area contributed by atoms with Crippen LogP contribution in [0.1, 0.15) is 35.3 Å². The number of hydrogen-bond donors (Lipinski definition) is 0. The van der Waals surface area contributed by atoms with Crippen LogP contribution >= 0.6 is 0 Å². The zero-order chi connectivity index (χ0) is 21.8. The second-order valence-electron chi connectivity index (χ2n) is 7.74. The fourth-order valence-corrected chi connectivity index (χ4v) is 3.80. The van der Waals surface area contributed by atoms with E-state index >= 15 is 0 Å². The maximum Gasteiger partial charge on any atom is 0.338 e. The molecule has 1 heterocycles. The molecule has 1 aliphatic rings. The first-order valence-corrected chi connectivity index (χ1v) is 10.4. The predicted octanol–water partition coefficient (Wildman–Crippen LogP) is 4.79. The molecule has 0 saturated heterocycles. The summed E-state index contributed by atoms with van der Waals surface area (Å²) < 4.78 is 11.2. The predicted molar refractivity (Wildman–Crippen MR) is 119 cm³/mol. The molecule has 0 bridgehead atoms. The van der Waals surface area contributed by atoms with Crippen LogP contribution in [-0.4, -0.2) is 24.0 Å². The number of esters is 1. The van der Waals surface area contributed by atoms with E-state index in [1.807, 2.05) is 61.5 Å². The third-order valence-corrected chi connectivity index (χ3v) is 5.41. The molecule has 0 fully saturated rings. The lowest BCUT2D eigenvalue weighted by Gasteiger charge is -2.26. The van der Waals surface area contributed by atoms with Crippen LogP contribution in [0, 0.1) is 0 Å². The molecule has 0 spiro atoms. The molecule has 0 N–H and O–H groups in total. The van der Waals surface area contributed by atoms with E-state index in [0.29, 0.717) is 17.9 Å². The van der Waals surface area contributed by atoms with Gasteiger partial charge in [0.15, 0.2) is 6.10 Å². The number of benzene rings is 3. The zero-order valence-corrected chi connectivity index (χ0v) is 17.7. The Bertz CT molecular complexity index is 1060. The van der Waals surface area contributed by atoms with Crippen molar-refractivity contribution in [1.29, 1.82) is 0 Å². The van der Waals surface area contributed by atoms with E-state index in [1.165, 1.54) is 0 Å². The van der Waals surface area contributed by atoms with Crippen molar-refractivity contribution in [3.63, 3.8) is 0 Å². The Morgan fingerprint density at radius 2 is 1.65 bits per heavy atom. The van der Waals surface area contributed by atoms with Crippen molar-refractivity contribution < 1.29 is 19.1 Å².